The van der Waals surface area contributed by atoms with Gasteiger partial charge in [0.15, 0.2) is 0 Å². The smallest absolute Gasteiger partial charge is 0.258 e. The first-order chi connectivity index (χ1) is 7.13. The van der Waals surface area contributed by atoms with E-state index in [2.05, 4.69) is 15.9 Å². The second-order valence-electron chi connectivity index (χ2n) is 3.59. The summed E-state index contributed by atoms with van der Waals surface area (Å²) in [5, 5.41) is 1.82. The number of pyridine rings is 1. The number of nitrogens with zero attached hydrogens (tertiary/aromatic N) is 1. The molecule has 0 N–H and O–H groups in total. The first-order valence-corrected chi connectivity index (χ1v) is 5.72. The van der Waals surface area contributed by atoms with Gasteiger partial charge in [-0.2, -0.15) is 0 Å². The van der Waals surface area contributed by atoms with E-state index >= 15 is 0 Å². The van der Waals surface area contributed by atoms with Gasteiger partial charge in [-0.1, -0.05) is 22.0 Å². The zero-order chi connectivity index (χ0) is 11.0. The van der Waals surface area contributed by atoms with Gasteiger partial charge in [-0.05, 0) is 36.9 Å². The molecule has 0 saturated carbocycles. The van der Waals surface area contributed by atoms with Crippen molar-refractivity contribution in [3.8, 4) is 0 Å². The number of rotatable bonds is 1. The molecule has 0 radical (unpaired) electrons. The third-order valence-electron chi connectivity index (χ3n) is 2.59. The number of fused-ring (bicyclic) bond motifs is 1. The molecule has 15 heavy (non-hydrogen) atoms. The number of hydrogen-bond acceptors (Lipinski definition) is 1. The highest BCUT2D eigenvalue weighted by Gasteiger charge is 2.05. The lowest BCUT2D eigenvalue weighted by Crippen LogP contribution is -2.19. The Kier molecular flexibility index (Phi) is 2.65. The molecule has 0 bridgehead atoms. The zero-order valence-corrected chi connectivity index (χ0v) is 10.3. The van der Waals surface area contributed by atoms with Crippen LogP contribution in [-0.4, -0.2) is 4.57 Å². The summed E-state index contributed by atoms with van der Waals surface area (Å²) < 4.78 is 2.68. The van der Waals surface area contributed by atoms with Crippen LogP contribution in [0.5, 0.6) is 0 Å². The SMILES string of the molecule is CCn1cc(C)c2ccc(Br)cc2c1=O. The van der Waals surface area contributed by atoms with Crippen LogP contribution >= 0.6 is 15.9 Å². The molecule has 78 valence electrons. The summed E-state index contributed by atoms with van der Waals surface area (Å²) in [5.41, 5.74) is 1.22. The summed E-state index contributed by atoms with van der Waals surface area (Å²) in [5.74, 6) is 0. The average Bonchev–Trinajstić information content (AvgIpc) is 2.23. The van der Waals surface area contributed by atoms with E-state index in [1.807, 2.05) is 38.2 Å². The Hall–Kier alpha value is -1.09. The molecule has 0 spiro atoms. The van der Waals surface area contributed by atoms with Gasteiger partial charge in [0, 0.05) is 22.6 Å². The lowest BCUT2D eigenvalue weighted by atomic mass is 10.1. The molecule has 0 aliphatic heterocycles. The highest BCUT2D eigenvalue weighted by molar-refractivity contribution is 9.10. The van der Waals surface area contributed by atoms with Gasteiger partial charge in [0.25, 0.3) is 5.56 Å². The monoisotopic (exact) mass is 265 g/mol. The van der Waals surface area contributed by atoms with Crippen LogP contribution in [0.3, 0.4) is 0 Å². The summed E-state index contributed by atoms with van der Waals surface area (Å²) in [6.45, 7) is 4.72. The van der Waals surface area contributed by atoms with Crippen LogP contribution in [0.2, 0.25) is 0 Å². The van der Waals surface area contributed by atoms with E-state index in [4.69, 9.17) is 0 Å². The van der Waals surface area contributed by atoms with Crippen molar-refractivity contribution in [3.05, 3.63) is 44.8 Å². The standard InChI is InChI=1S/C12H12BrNO/c1-3-14-7-8(2)10-5-4-9(13)6-11(10)12(14)15/h4-7H,3H2,1-2H3. The van der Waals surface area contributed by atoms with Gasteiger partial charge in [-0.15, -0.1) is 0 Å². The van der Waals surface area contributed by atoms with Crippen LogP contribution in [-0.2, 0) is 6.54 Å². The molecule has 3 heteroatoms. The van der Waals surface area contributed by atoms with Crippen LogP contribution in [0.25, 0.3) is 10.8 Å². The first-order valence-electron chi connectivity index (χ1n) is 4.92. The maximum atomic E-state index is 12.0. The Morgan fingerprint density at radius 2 is 2.07 bits per heavy atom. The predicted molar refractivity (Wildman–Crippen MR) is 66.3 cm³/mol. The molecule has 2 aromatic rings. The predicted octanol–water partition coefficient (Wildman–Crippen LogP) is 3.09. The van der Waals surface area contributed by atoms with Gasteiger partial charge >= 0.3 is 0 Å². The van der Waals surface area contributed by atoms with E-state index in [9.17, 15) is 4.79 Å². The summed E-state index contributed by atoms with van der Waals surface area (Å²) in [6, 6.07) is 5.83. The Morgan fingerprint density at radius 3 is 2.73 bits per heavy atom. The molecular formula is C12H12BrNO. The second kappa shape index (κ2) is 3.81. The Morgan fingerprint density at radius 1 is 1.33 bits per heavy atom. The topological polar surface area (TPSA) is 22.0 Å². The van der Waals surface area contributed by atoms with Crippen molar-refractivity contribution in [1.29, 1.82) is 0 Å². The number of hydrogen-bond donors (Lipinski definition) is 0. The van der Waals surface area contributed by atoms with Crippen LogP contribution < -0.4 is 5.56 Å². The van der Waals surface area contributed by atoms with Crippen molar-refractivity contribution in [3.63, 3.8) is 0 Å². The van der Waals surface area contributed by atoms with Gasteiger partial charge in [-0.25, -0.2) is 0 Å². The molecule has 1 heterocycles. The third kappa shape index (κ3) is 1.72. The zero-order valence-electron chi connectivity index (χ0n) is 8.75. The maximum absolute atomic E-state index is 12.0. The van der Waals surface area contributed by atoms with Crippen LogP contribution in [0, 0.1) is 6.92 Å². The highest BCUT2D eigenvalue weighted by Crippen LogP contribution is 2.19. The van der Waals surface area contributed by atoms with E-state index in [0.29, 0.717) is 6.54 Å². The van der Waals surface area contributed by atoms with E-state index in [-0.39, 0.29) is 5.56 Å². The Labute approximate surface area is 96.7 Å². The van der Waals surface area contributed by atoms with Gasteiger partial charge in [0.1, 0.15) is 0 Å². The van der Waals surface area contributed by atoms with Crippen LogP contribution in [0.1, 0.15) is 12.5 Å². The molecule has 0 unspecified atom stereocenters. The maximum Gasteiger partial charge on any atom is 0.258 e. The summed E-state index contributed by atoms with van der Waals surface area (Å²) in [6.07, 6.45) is 1.92. The molecule has 0 atom stereocenters. The summed E-state index contributed by atoms with van der Waals surface area (Å²) >= 11 is 3.39. The molecule has 0 saturated heterocycles. The van der Waals surface area contributed by atoms with E-state index < -0.39 is 0 Å². The fraction of sp³-hybridized carbons (Fsp3) is 0.250. The van der Waals surface area contributed by atoms with Crippen LogP contribution in [0.15, 0.2) is 33.7 Å². The second-order valence-corrected chi connectivity index (χ2v) is 4.51. The molecule has 0 aliphatic rings. The van der Waals surface area contributed by atoms with Crippen LogP contribution in [0.4, 0.5) is 0 Å². The van der Waals surface area contributed by atoms with Gasteiger partial charge in [-0.3, -0.25) is 4.79 Å². The minimum atomic E-state index is 0.0828. The summed E-state index contributed by atoms with van der Waals surface area (Å²) in [7, 11) is 0. The number of aromatic nitrogens is 1. The normalized spacial score (nSPS) is 10.9. The third-order valence-corrected chi connectivity index (χ3v) is 3.08. The lowest BCUT2D eigenvalue weighted by Gasteiger charge is -2.07. The van der Waals surface area contributed by atoms with Gasteiger partial charge < -0.3 is 4.57 Å². The molecule has 2 rings (SSSR count). The fourth-order valence-electron chi connectivity index (χ4n) is 1.79. The minimum absolute atomic E-state index is 0.0828. The van der Waals surface area contributed by atoms with Crippen molar-refractivity contribution in [1.82, 2.24) is 4.57 Å². The molecule has 2 nitrogen and oxygen atoms in total. The Balaban J connectivity index is 2.95. The van der Waals surface area contributed by atoms with E-state index in [1.165, 1.54) is 0 Å². The summed E-state index contributed by atoms with van der Waals surface area (Å²) in [4.78, 5) is 12.0. The highest BCUT2D eigenvalue weighted by atomic mass is 79.9. The molecule has 1 aromatic carbocycles. The molecule has 1 aromatic heterocycles. The molecular weight excluding hydrogens is 254 g/mol. The quantitative estimate of drug-likeness (QED) is 0.777. The number of aryl methyl sites for hydroxylation is 2. The molecule has 0 amide bonds. The number of benzene rings is 1. The average molecular weight is 266 g/mol. The fourth-order valence-corrected chi connectivity index (χ4v) is 2.15. The lowest BCUT2D eigenvalue weighted by molar-refractivity contribution is 0.731. The van der Waals surface area contributed by atoms with Crippen molar-refractivity contribution in [2.24, 2.45) is 0 Å². The first kappa shape index (κ1) is 10.4. The largest absolute Gasteiger partial charge is 0.315 e. The van der Waals surface area contributed by atoms with Crippen molar-refractivity contribution >= 4 is 26.7 Å². The van der Waals surface area contributed by atoms with Crippen molar-refractivity contribution in [2.45, 2.75) is 20.4 Å². The van der Waals surface area contributed by atoms with Crippen molar-refractivity contribution < 1.29 is 0 Å². The minimum Gasteiger partial charge on any atom is -0.315 e. The van der Waals surface area contributed by atoms with Crippen molar-refractivity contribution in [2.75, 3.05) is 0 Å². The molecule has 0 fully saturated rings. The van der Waals surface area contributed by atoms with E-state index in [0.717, 1.165) is 20.8 Å². The number of halogens is 1. The molecule has 0 aliphatic carbocycles. The Bertz CT molecular complexity index is 572. The van der Waals surface area contributed by atoms with Gasteiger partial charge in [0.2, 0.25) is 0 Å². The van der Waals surface area contributed by atoms with Gasteiger partial charge in [0.05, 0.1) is 0 Å². The van der Waals surface area contributed by atoms with E-state index in [1.54, 1.807) is 4.57 Å².